The molecular weight excluding hydrogens is 356 g/mol. The summed E-state index contributed by atoms with van der Waals surface area (Å²) in [6.07, 6.45) is 4.03. The van der Waals surface area contributed by atoms with Crippen molar-refractivity contribution in [2.45, 2.75) is 64.7 Å². The lowest BCUT2D eigenvalue weighted by Crippen LogP contribution is -2.41. The van der Waals surface area contributed by atoms with Gasteiger partial charge in [-0.05, 0) is 25.7 Å². The minimum atomic E-state index is -0.125. The number of nitrogens with one attached hydrogen (secondary N) is 1. The second kappa shape index (κ2) is 8.88. The maximum Gasteiger partial charge on any atom is 0.251 e. The van der Waals surface area contributed by atoms with Crippen molar-refractivity contribution in [2.75, 3.05) is 26.2 Å². The van der Waals surface area contributed by atoms with E-state index in [2.05, 4.69) is 4.98 Å². The number of rotatable bonds is 4. The number of carbonyl (C=O) groups excluding carboxylic acids is 2. The maximum atomic E-state index is 12.3. The molecule has 0 saturated carbocycles. The van der Waals surface area contributed by atoms with Crippen LogP contribution in [0.15, 0.2) is 10.9 Å². The first-order chi connectivity index (χ1) is 13.4. The highest BCUT2D eigenvalue weighted by molar-refractivity contribution is 5.78. The molecule has 1 aromatic heterocycles. The average Bonchev–Trinajstić information content (AvgIpc) is 2.72. The fraction of sp³-hybridized carbons (Fsp3) is 0.714. The third-order valence-corrected chi connectivity index (χ3v) is 5.96. The number of hydrogen-bond acceptors (Lipinski definition) is 4. The van der Waals surface area contributed by atoms with E-state index in [0.717, 1.165) is 43.7 Å². The molecule has 0 spiro atoms. The van der Waals surface area contributed by atoms with Gasteiger partial charge in [-0.3, -0.25) is 14.4 Å². The van der Waals surface area contributed by atoms with Gasteiger partial charge in [-0.25, -0.2) is 4.98 Å². The van der Waals surface area contributed by atoms with E-state index in [0.29, 0.717) is 26.1 Å². The molecule has 0 radical (unpaired) electrons. The van der Waals surface area contributed by atoms with Crippen LogP contribution in [0.5, 0.6) is 0 Å². The van der Waals surface area contributed by atoms with Crippen LogP contribution >= 0.6 is 0 Å². The van der Waals surface area contributed by atoms with Gasteiger partial charge in [0, 0.05) is 56.4 Å². The molecule has 154 valence electrons. The van der Waals surface area contributed by atoms with E-state index in [4.69, 9.17) is 4.98 Å². The molecule has 2 fully saturated rings. The third-order valence-electron chi connectivity index (χ3n) is 5.96. The van der Waals surface area contributed by atoms with Gasteiger partial charge in [-0.2, -0.15) is 0 Å². The van der Waals surface area contributed by atoms with Crippen LogP contribution in [0.3, 0.4) is 0 Å². The molecule has 0 aliphatic carbocycles. The average molecular weight is 389 g/mol. The van der Waals surface area contributed by atoms with Gasteiger partial charge in [0.2, 0.25) is 11.8 Å². The first kappa shape index (κ1) is 20.6. The van der Waals surface area contributed by atoms with Crippen LogP contribution in [0, 0.1) is 5.92 Å². The van der Waals surface area contributed by atoms with E-state index < -0.39 is 0 Å². The maximum absolute atomic E-state index is 12.3. The van der Waals surface area contributed by atoms with Crippen molar-refractivity contribution < 1.29 is 9.59 Å². The number of piperidine rings is 2. The van der Waals surface area contributed by atoms with E-state index in [1.165, 1.54) is 0 Å². The van der Waals surface area contributed by atoms with Crippen LogP contribution in [-0.2, 0) is 9.59 Å². The number of amides is 2. The number of carbonyl (C=O) groups is 2. The summed E-state index contributed by atoms with van der Waals surface area (Å²) in [5, 5.41) is 0. The Kier molecular flexibility index (Phi) is 6.52. The minimum Gasteiger partial charge on any atom is -0.342 e. The van der Waals surface area contributed by atoms with Crippen molar-refractivity contribution in [1.82, 2.24) is 19.8 Å². The van der Waals surface area contributed by atoms with Gasteiger partial charge in [0.15, 0.2) is 0 Å². The van der Waals surface area contributed by atoms with Gasteiger partial charge in [0.25, 0.3) is 5.56 Å². The van der Waals surface area contributed by atoms with Crippen molar-refractivity contribution >= 4 is 11.8 Å². The molecular formula is C21H32N4O3. The number of aromatic amines is 1. The number of H-pyrrole nitrogens is 1. The lowest BCUT2D eigenvalue weighted by Gasteiger charge is -2.34. The van der Waals surface area contributed by atoms with Gasteiger partial charge in [-0.1, -0.05) is 20.8 Å². The molecule has 1 N–H and O–H groups in total. The van der Waals surface area contributed by atoms with Gasteiger partial charge in [-0.15, -0.1) is 0 Å². The molecule has 7 nitrogen and oxygen atoms in total. The number of aromatic nitrogens is 2. The lowest BCUT2D eigenvalue weighted by molar-refractivity contribution is -0.135. The quantitative estimate of drug-likeness (QED) is 0.857. The van der Waals surface area contributed by atoms with E-state index >= 15 is 0 Å². The molecule has 28 heavy (non-hydrogen) atoms. The minimum absolute atomic E-state index is 0.0119. The second-order valence-electron chi connectivity index (χ2n) is 8.34. The zero-order valence-corrected chi connectivity index (χ0v) is 17.2. The van der Waals surface area contributed by atoms with Crippen LogP contribution in [-0.4, -0.2) is 57.8 Å². The summed E-state index contributed by atoms with van der Waals surface area (Å²) in [6, 6.07) is 1.59. The van der Waals surface area contributed by atoms with Crippen LogP contribution in [0.25, 0.3) is 0 Å². The van der Waals surface area contributed by atoms with Crippen LogP contribution in [0.4, 0.5) is 0 Å². The summed E-state index contributed by atoms with van der Waals surface area (Å²) < 4.78 is 0. The fourth-order valence-corrected chi connectivity index (χ4v) is 4.31. The van der Waals surface area contributed by atoms with Crippen LogP contribution < -0.4 is 5.56 Å². The molecule has 0 unspecified atom stereocenters. The third kappa shape index (κ3) is 4.62. The van der Waals surface area contributed by atoms with Crippen LogP contribution in [0.2, 0.25) is 0 Å². The summed E-state index contributed by atoms with van der Waals surface area (Å²) >= 11 is 0. The Morgan fingerprint density at radius 1 is 1.14 bits per heavy atom. The summed E-state index contributed by atoms with van der Waals surface area (Å²) in [5.74, 6) is 1.39. The largest absolute Gasteiger partial charge is 0.342 e. The monoisotopic (exact) mass is 388 g/mol. The zero-order valence-electron chi connectivity index (χ0n) is 17.2. The van der Waals surface area contributed by atoms with E-state index in [9.17, 15) is 14.4 Å². The molecule has 7 heteroatoms. The van der Waals surface area contributed by atoms with Crippen molar-refractivity contribution in [1.29, 1.82) is 0 Å². The summed E-state index contributed by atoms with van der Waals surface area (Å²) in [7, 11) is 0. The molecule has 0 bridgehead atoms. The molecule has 0 aromatic carbocycles. The normalized spacial score (nSPS) is 21.2. The van der Waals surface area contributed by atoms with Crippen LogP contribution in [0.1, 0.15) is 76.2 Å². The Balaban J connectivity index is 1.71. The number of hydrogen-bond donors (Lipinski definition) is 1. The molecule has 3 heterocycles. The second-order valence-corrected chi connectivity index (χ2v) is 8.34. The van der Waals surface area contributed by atoms with Crippen molar-refractivity contribution in [3.63, 3.8) is 0 Å². The number of nitrogens with zero attached hydrogens (tertiary/aromatic N) is 3. The highest BCUT2D eigenvalue weighted by Crippen LogP contribution is 2.29. The smallest absolute Gasteiger partial charge is 0.251 e. The van der Waals surface area contributed by atoms with Gasteiger partial charge < -0.3 is 14.8 Å². The highest BCUT2D eigenvalue weighted by atomic mass is 16.2. The van der Waals surface area contributed by atoms with Crippen molar-refractivity contribution in [2.24, 2.45) is 5.92 Å². The molecule has 1 aromatic rings. The summed E-state index contributed by atoms with van der Waals surface area (Å²) in [4.78, 5) is 48.1. The number of likely N-dealkylation sites (tertiary alicyclic amines) is 2. The Labute approximate surface area is 166 Å². The van der Waals surface area contributed by atoms with E-state index in [1.54, 1.807) is 6.07 Å². The molecule has 2 aliphatic rings. The standard InChI is InChI=1S/C21H32N4O3/c1-4-19(27)25-9-5-6-16(13-25)17-12-18(26)23-20(22-17)15-7-10-24(11-8-15)21(28)14(2)3/h12,14-16H,4-11,13H2,1-3H3,(H,22,23,26)/t16-/m1/s1. The SMILES string of the molecule is CCC(=O)N1CCC[C@@H](c2cc(=O)[nH]c(C3CCN(C(=O)C(C)C)CC3)n2)C1. The molecule has 3 rings (SSSR count). The summed E-state index contributed by atoms with van der Waals surface area (Å²) in [6.45, 7) is 8.58. The Hall–Kier alpha value is -2.18. The van der Waals surface area contributed by atoms with E-state index in [1.807, 2.05) is 30.6 Å². The molecule has 2 aliphatic heterocycles. The van der Waals surface area contributed by atoms with Gasteiger partial charge in [0.05, 0.1) is 5.69 Å². The topological polar surface area (TPSA) is 86.4 Å². The predicted molar refractivity (Wildman–Crippen MR) is 107 cm³/mol. The van der Waals surface area contributed by atoms with Crippen molar-refractivity contribution in [3.05, 3.63) is 27.9 Å². The van der Waals surface area contributed by atoms with E-state index in [-0.39, 0.29) is 35.1 Å². The van der Waals surface area contributed by atoms with Gasteiger partial charge in [0.1, 0.15) is 5.82 Å². The first-order valence-corrected chi connectivity index (χ1v) is 10.6. The molecule has 1 atom stereocenters. The Morgan fingerprint density at radius 3 is 2.50 bits per heavy atom. The fourth-order valence-electron chi connectivity index (χ4n) is 4.31. The zero-order chi connectivity index (χ0) is 20.3. The lowest BCUT2D eigenvalue weighted by atomic mass is 9.92. The van der Waals surface area contributed by atoms with Gasteiger partial charge >= 0.3 is 0 Å². The molecule has 2 saturated heterocycles. The molecule has 2 amide bonds. The van der Waals surface area contributed by atoms with Crippen molar-refractivity contribution in [3.8, 4) is 0 Å². The first-order valence-electron chi connectivity index (χ1n) is 10.6. The highest BCUT2D eigenvalue weighted by Gasteiger charge is 2.29. The summed E-state index contributed by atoms with van der Waals surface area (Å²) in [5.41, 5.74) is 0.674. The Morgan fingerprint density at radius 2 is 1.86 bits per heavy atom. The predicted octanol–water partition coefficient (Wildman–Crippen LogP) is 2.25. The Bertz CT molecular complexity index is 765.